The van der Waals surface area contributed by atoms with Crippen LogP contribution >= 0.6 is 11.3 Å². The number of anilines is 1. The maximum Gasteiger partial charge on any atom is 0.223 e. The highest BCUT2D eigenvalue weighted by molar-refractivity contribution is 7.22. The topological polar surface area (TPSA) is 89.6 Å². The number of hydrogen-bond acceptors (Lipinski definition) is 6. The van der Waals surface area contributed by atoms with Gasteiger partial charge in [-0.15, -0.1) is 0 Å². The van der Waals surface area contributed by atoms with Crippen LogP contribution in [-0.2, 0) is 16.1 Å². The highest BCUT2D eigenvalue weighted by atomic mass is 32.1. The number of ether oxygens (including phenoxy) is 1. The van der Waals surface area contributed by atoms with Crippen LogP contribution in [-0.4, -0.2) is 17.1 Å². The van der Waals surface area contributed by atoms with E-state index in [0.717, 1.165) is 26.9 Å². The van der Waals surface area contributed by atoms with Crippen LogP contribution in [0.4, 0.5) is 5.13 Å². The van der Waals surface area contributed by atoms with Gasteiger partial charge in [0.25, 0.3) is 0 Å². The summed E-state index contributed by atoms with van der Waals surface area (Å²) in [6, 6.07) is 15.5. The standard InChI is InChI=1S/C21H20N4O2S/c1-14(11-23-12-20(22)27-13-16-6-4-3-5-7-16)17-8-9-18-19(10-17)28-21(25-18)24-15(2)26/h3-12H,1,13,22H2,2H3,(H,24,25,26)/b20-12+,23-11?. The third-order valence-electron chi connectivity index (χ3n) is 3.72. The van der Waals surface area contributed by atoms with E-state index in [1.807, 2.05) is 48.5 Å². The van der Waals surface area contributed by atoms with E-state index in [4.69, 9.17) is 10.5 Å². The van der Waals surface area contributed by atoms with Gasteiger partial charge in [-0.2, -0.15) is 0 Å². The first-order valence-electron chi connectivity index (χ1n) is 8.54. The lowest BCUT2D eigenvalue weighted by molar-refractivity contribution is -0.114. The first kappa shape index (κ1) is 19.3. The summed E-state index contributed by atoms with van der Waals surface area (Å²) in [4.78, 5) is 19.7. The summed E-state index contributed by atoms with van der Waals surface area (Å²) in [5, 5.41) is 3.27. The second-order valence-corrected chi connectivity index (χ2v) is 7.02. The molecule has 7 heteroatoms. The summed E-state index contributed by atoms with van der Waals surface area (Å²) in [5.74, 6) is 0.0837. The number of amides is 1. The van der Waals surface area contributed by atoms with Crippen LogP contribution in [0.5, 0.6) is 0 Å². The molecule has 0 fully saturated rings. The first-order chi connectivity index (χ1) is 13.5. The molecule has 0 bridgehead atoms. The van der Waals surface area contributed by atoms with E-state index in [0.29, 0.717) is 11.7 Å². The number of fused-ring (bicyclic) bond motifs is 1. The molecule has 0 unspecified atom stereocenters. The Balaban J connectivity index is 1.62. The Kier molecular flexibility index (Phi) is 6.18. The summed E-state index contributed by atoms with van der Waals surface area (Å²) in [6.07, 6.45) is 3.07. The average Bonchev–Trinajstić information content (AvgIpc) is 3.07. The molecule has 0 saturated heterocycles. The zero-order chi connectivity index (χ0) is 19.9. The van der Waals surface area contributed by atoms with Crippen molar-refractivity contribution in [3.8, 4) is 0 Å². The number of thiazole rings is 1. The predicted molar refractivity (Wildman–Crippen MR) is 115 cm³/mol. The average molecular weight is 392 g/mol. The first-order valence-corrected chi connectivity index (χ1v) is 9.36. The van der Waals surface area contributed by atoms with Gasteiger partial charge in [0.05, 0.1) is 16.4 Å². The highest BCUT2D eigenvalue weighted by Crippen LogP contribution is 2.28. The molecule has 1 aromatic heterocycles. The molecule has 0 aliphatic heterocycles. The molecule has 28 heavy (non-hydrogen) atoms. The molecule has 0 radical (unpaired) electrons. The van der Waals surface area contributed by atoms with Gasteiger partial charge in [-0.25, -0.2) is 4.98 Å². The molecule has 0 saturated carbocycles. The maximum absolute atomic E-state index is 11.2. The smallest absolute Gasteiger partial charge is 0.223 e. The molecular formula is C21H20N4O2S. The quantitative estimate of drug-likeness (QED) is 0.463. The van der Waals surface area contributed by atoms with E-state index in [2.05, 4.69) is 21.9 Å². The molecule has 0 aliphatic rings. The lowest BCUT2D eigenvalue weighted by atomic mass is 10.1. The minimum atomic E-state index is -0.144. The Morgan fingerprint density at radius 3 is 2.86 bits per heavy atom. The third kappa shape index (κ3) is 5.28. The van der Waals surface area contributed by atoms with E-state index >= 15 is 0 Å². The Hall–Kier alpha value is -3.45. The van der Waals surface area contributed by atoms with Crippen molar-refractivity contribution in [3.63, 3.8) is 0 Å². The molecule has 2 aromatic carbocycles. The van der Waals surface area contributed by atoms with E-state index in [9.17, 15) is 4.79 Å². The van der Waals surface area contributed by atoms with Crippen molar-refractivity contribution in [1.82, 2.24) is 4.98 Å². The van der Waals surface area contributed by atoms with Crippen molar-refractivity contribution < 1.29 is 9.53 Å². The molecule has 0 aliphatic carbocycles. The van der Waals surface area contributed by atoms with Crippen molar-refractivity contribution in [2.75, 3.05) is 5.32 Å². The summed E-state index contributed by atoms with van der Waals surface area (Å²) in [5.41, 5.74) is 9.30. The Morgan fingerprint density at radius 2 is 2.11 bits per heavy atom. The van der Waals surface area contributed by atoms with Crippen LogP contribution in [0, 0.1) is 0 Å². The van der Waals surface area contributed by atoms with Crippen LogP contribution in [0.2, 0.25) is 0 Å². The normalized spacial score (nSPS) is 11.7. The number of benzene rings is 2. The second kappa shape index (κ2) is 8.96. The van der Waals surface area contributed by atoms with Gasteiger partial charge in [-0.3, -0.25) is 9.79 Å². The van der Waals surface area contributed by atoms with Gasteiger partial charge in [0, 0.05) is 13.1 Å². The minimum Gasteiger partial charge on any atom is -0.473 e. The molecule has 3 N–H and O–H groups in total. The number of allylic oxidation sites excluding steroid dienone is 1. The Bertz CT molecular complexity index is 1050. The maximum atomic E-state index is 11.2. The molecule has 3 aromatic rings. The largest absolute Gasteiger partial charge is 0.473 e. The molecule has 1 heterocycles. The summed E-state index contributed by atoms with van der Waals surface area (Å²) in [6.45, 7) is 5.88. The van der Waals surface area contributed by atoms with E-state index in [1.165, 1.54) is 24.5 Å². The van der Waals surface area contributed by atoms with Crippen LogP contribution in [0.15, 0.2) is 72.2 Å². The lowest BCUT2D eigenvalue weighted by Crippen LogP contribution is -2.04. The second-order valence-electron chi connectivity index (χ2n) is 5.99. The zero-order valence-corrected chi connectivity index (χ0v) is 16.2. The fourth-order valence-corrected chi connectivity index (χ4v) is 3.33. The summed E-state index contributed by atoms with van der Waals surface area (Å²) >= 11 is 1.41. The molecular weight excluding hydrogens is 372 g/mol. The van der Waals surface area contributed by atoms with Crippen molar-refractivity contribution in [3.05, 3.63) is 78.3 Å². The van der Waals surface area contributed by atoms with E-state index in [-0.39, 0.29) is 11.8 Å². The number of nitrogens with zero attached hydrogens (tertiary/aromatic N) is 2. The Labute approximate surface area is 167 Å². The van der Waals surface area contributed by atoms with Crippen LogP contribution in [0.25, 0.3) is 15.8 Å². The van der Waals surface area contributed by atoms with Crippen LogP contribution in [0.3, 0.4) is 0 Å². The number of carbonyl (C=O) groups is 1. The zero-order valence-electron chi connectivity index (χ0n) is 15.4. The van der Waals surface area contributed by atoms with Crippen molar-refractivity contribution in [2.24, 2.45) is 10.7 Å². The monoisotopic (exact) mass is 392 g/mol. The van der Waals surface area contributed by atoms with Crippen molar-refractivity contribution in [1.29, 1.82) is 0 Å². The molecule has 6 nitrogen and oxygen atoms in total. The SMILES string of the molecule is C=C(C=N/C=C(\N)OCc1ccccc1)c1ccc2nc(NC(C)=O)sc2c1. The number of aliphatic imine (C=N–C) groups is 1. The summed E-state index contributed by atoms with van der Waals surface area (Å²) in [7, 11) is 0. The van der Waals surface area contributed by atoms with Gasteiger partial charge in [0.2, 0.25) is 11.8 Å². The predicted octanol–water partition coefficient (Wildman–Crippen LogP) is 4.31. The number of nitrogens with one attached hydrogen (secondary N) is 1. The van der Waals surface area contributed by atoms with E-state index < -0.39 is 0 Å². The van der Waals surface area contributed by atoms with Crippen LogP contribution in [0.1, 0.15) is 18.1 Å². The van der Waals surface area contributed by atoms with Gasteiger partial charge < -0.3 is 15.8 Å². The van der Waals surface area contributed by atoms with E-state index in [1.54, 1.807) is 6.21 Å². The molecule has 142 valence electrons. The molecule has 0 atom stereocenters. The fraction of sp³-hybridized carbons (Fsp3) is 0.0952. The van der Waals surface area contributed by atoms with Crippen LogP contribution < -0.4 is 11.1 Å². The summed E-state index contributed by atoms with van der Waals surface area (Å²) < 4.78 is 6.42. The number of carbonyl (C=O) groups excluding carboxylic acids is 1. The van der Waals surface area contributed by atoms with Gasteiger partial charge in [0.1, 0.15) is 6.61 Å². The third-order valence-corrected chi connectivity index (χ3v) is 4.66. The van der Waals surface area contributed by atoms with Gasteiger partial charge in [-0.1, -0.05) is 54.3 Å². The number of rotatable bonds is 7. The molecule has 3 rings (SSSR count). The van der Waals surface area contributed by atoms with Gasteiger partial charge >= 0.3 is 0 Å². The minimum absolute atomic E-state index is 0.144. The highest BCUT2D eigenvalue weighted by Gasteiger charge is 2.06. The Morgan fingerprint density at radius 1 is 1.32 bits per heavy atom. The lowest BCUT2D eigenvalue weighted by Gasteiger charge is -2.04. The number of aromatic nitrogens is 1. The van der Waals surface area contributed by atoms with Crippen molar-refractivity contribution >= 4 is 44.4 Å². The van der Waals surface area contributed by atoms with Gasteiger partial charge in [-0.05, 0) is 28.8 Å². The molecule has 1 amide bonds. The number of hydrogen-bond donors (Lipinski definition) is 2. The molecule has 0 spiro atoms. The van der Waals surface area contributed by atoms with Gasteiger partial charge in [0.15, 0.2) is 5.13 Å². The van der Waals surface area contributed by atoms with Crippen molar-refractivity contribution in [2.45, 2.75) is 13.5 Å². The number of nitrogens with two attached hydrogens (primary N) is 1. The fourth-order valence-electron chi connectivity index (χ4n) is 2.38.